The highest BCUT2D eigenvalue weighted by Gasteiger charge is 2.33. The Morgan fingerprint density at radius 2 is 1.85 bits per heavy atom. The normalized spacial score (nSPS) is 14.9. The van der Waals surface area contributed by atoms with E-state index in [-0.39, 0.29) is 28.1 Å². The first kappa shape index (κ1) is 27.6. The molecule has 0 saturated heterocycles. The molecule has 0 fully saturated rings. The summed E-state index contributed by atoms with van der Waals surface area (Å²) in [5.41, 5.74) is 2.03. The van der Waals surface area contributed by atoms with E-state index in [1.165, 1.54) is 37.0 Å². The quantitative estimate of drug-likeness (QED) is 0.237. The van der Waals surface area contributed by atoms with E-state index in [4.69, 9.17) is 14.2 Å². The minimum Gasteiger partial charge on any atom is -0.496 e. The van der Waals surface area contributed by atoms with Crippen LogP contribution in [-0.4, -0.2) is 50.4 Å². The molecule has 12 heteroatoms. The molecule has 204 valence electrons. The van der Waals surface area contributed by atoms with Gasteiger partial charge in [-0.05, 0) is 37.6 Å². The second-order valence-electron chi connectivity index (χ2n) is 8.81. The summed E-state index contributed by atoms with van der Waals surface area (Å²) < 4.78 is 17.6. The number of hydrogen-bond acceptors (Lipinski definition) is 10. The predicted molar refractivity (Wildman–Crippen MR) is 147 cm³/mol. The molecule has 1 aromatic heterocycles. The Labute approximate surface area is 228 Å². The van der Waals surface area contributed by atoms with Crippen LogP contribution in [0, 0.1) is 10.1 Å². The molecular weight excluding hydrogens is 524 g/mol. The van der Waals surface area contributed by atoms with Gasteiger partial charge in [-0.3, -0.25) is 19.5 Å². The van der Waals surface area contributed by atoms with Gasteiger partial charge in [0.1, 0.15) is 5.75 Å². The van der Waals surface area contributed by atoms with E-state index in [0.29, 0.717) is 27.4 Å². The minimum atomic E-state index is -0.772. The average Bonchev–Trinajstić information content (AvgIpc) is 3.21. The summed E-state index contributed by atoms with van der Waals surface area (Å²) in [6.07, 6.45) is 1.52. The molecule has 11 nitrogen and oxygen atoms in total. The van der Waals surface area contributed by atoms with Crippen molar-refractivity contribution >= 4 is 34.8 Å². The monoisotopic (exact) mass is 552 g/mol. The second kappa shape index (κ2) is 11.1. The van der Waals surface area contributed by atoms with Crippen molar-refractivity contribution in [2.24, 2.45) is 4.99 Å². The molecule has 0 amide bonds. The minimum absolute atomic E-state index is 0.0336. The van der Waals surface area contributed by atoms with Crippen molar-refractivity contribution in [3.63, 3.8) is 0 Å². The van der Waals surface area contributed by atoms with Crippen molar-refractivity contribution in [3.05, 3.63) is 88.6 Å². The summed E-state index contributed by atoms with van der Waals surface area (Å²) in [6, 6.07) is 9.47. The van der Waals surface area contributed by atoms with Crippen LogP contribution < -0.4 is 29.3 Å². The zero-order chi connectivity index (χ0) is 28.4. The van der Waals surface area contributed by atoms with Crippen molar-refractivity contribution in [2.75, 3.05) is 39.8 Å². The van der Waals surface area contributed by atoms with Crippen molar-refractivity contribution in [1.82, 2.24) is 4.57 Å². The smallest absolute Gasteiger partial charge is 0.338 e. The van der Waals surface area contributed by atoms with Crippen molar-refractivity contribution in [3.8, 4) is 11.5 Å². The van der Waals surface area contributed by atoms with Crippen LogP contribution in [0.25, 0.3) is 6.08 Å². The highest BCUT2D eigenvalue weighted by molar-refractivity contribution is 7.07. The maximum Gasteiger partial charge on any atom is 0.338 e. The van der Waals surface area contributed by atoms with Gasteiger partial charge in [0.2, 0.25) is 5.75 Å². The number of nitro groups is 1. The maximum atomic E-state index is 13.9. The number of thiazole rings is 1. The van der Waals surface area contributed by atoms with Crippen LogP contribution in [0.15, 0.2) is 57.5 Å². The lowest BCUT2D eigenvalue weighted by Crippen LogP contribution is -2.40. The van der Waals surface area contributed by atoms with Crippen molar-refractivity contribution in [1.29, 1.82) is 0 Å². The SMILES string of the molecule is CCOC(=O)C1=C(C)N=c2s/c(=C\c3cc([N+](=O)[O-])c(OC)cc3OC)c(=O)n2[C@@H]1c1ccc(N(C)C)cc1. The van der Waals surface area contributed by atoms with Gasteiger partial charge in [0.15, 0.2) is 4.80 Å². The number of nitro benzene ring substituents is 1. The number of ether oxygens (including phenoxy) is 3. The molecule has 4 rings (SSSR count). The number of esters is 1. The van der Waals surface area contributed by atoms with Crippen LogP contribution in [0.1, 0.15) is 31.0 Å². The number of carbonyl (C=O) groups is 1. The van der Waals surface area contributed by atoms with Gasteiger partial charge in [0, 0.05) is 37.5 Å². The summed E-state index contributed by atoms with van der Waals surface area (Å²) >= 11 is 1.11. The number of anilines is 1. The zero-order valence-electron chi connectivity index (χ0n) is 22.4. The summed E-state index contributed by atoms with van der Waals surface area (Å²) in [5, 5.41) is 11.6. The predicted octanol–water partition coefficient (Wildman–Crippen LogP) is 2.79. The molecule has 0 saturated carbocycles. The topological polar surface area (TPSA) is 126 Å². The molecule has 0 aliphatic carbocycles. The third kappa shape index (κ3) is 5.15. The van der Waals surface area contributed by atoms with Gasteiger partial charge >= 0.3 is 11.7 Å². The van der Waals surface area contributed by atoms with Crippen LogP contribution in [0.2, 0.25) is 0 Å². The van der Waals surface area contributed by atoms with E-state index in [2.05, 4.69) is 4.99 Å². The second-order valence-corrected chi connectivity index (χ2v) is 9.82. The van der Waals surface area contributed by atoms with Crippen LogP contribution >= 0.6 is 11.3 Å². The number of hydrogen-bond donors (Lipinski definition) is 0. The first-order valence-electron chi connectivity index (χ1n) is 12.0. The molecule has 3 aromatic rings. The van der Waals surface area contributed by atoms with E-state index in [1.54, 1.807) is 13.8 Å². The van der Waals surface area contributed by atoms with E-state index in [0.717, 1.165) is 17.0 Å². The van der Waals surface area contributed by atoms with Crippen molar-refractivity contribution in [2.45, 2.75) is 19.9 Å². The Bertz CT molecular complexity index is 1650. The van der Waals surface area contributed by atoms with Gasteiger partial charge in [-0.15, -0.1) is 0 Å². The number of benzene rings is 2. The third-order valence-electron chi connectivity index (χ3n) is 6.26. The standard InChI is InChI=1S/C27H28N4O7S/c1-7-38-26(33)23-15(2)28-27-30(24(23)16-8-10-18(11-9-16)29(3)4)25(32)22(39-27)13-17-12-19(31(34)35)21(37-6)14-20(17)36-5/h8-14,24H,7H2,1-6H3/b22-13-/t24-/m1/s1. The average molecular weight is 553 g/mol. The Kier molecular flexibility index (Phi) is 7.86. The summed E-state index contributed by atoms with van der Waals surface area (Å²) in [4.78, 5) is 44.9. The zero-order valence-corrected chi connectivity index (χ0v) is 23.2. The van der Waals surface area contributed by atoms with E-state index >= 15 is 0 Å². The Morgan fingerprint density at radius 3 is 2.41 bits per heavy atom. The summed E-state index contributed by atoms with van der Waals surface area (Å²) in [6.45, 7) is 3.59. The van der Waals surface area contributed by atoms with Gasteiger partial charge in [0.05, 0.1) is 47.6 Å². The molecule has 39 heavy (non-hydrogen) atoms. The molecule has 0 N–H and O–H groups in total. The molecular formula is C27H28N4O7S. The fourth-order valence-electron chi connectivity index (χ4n) is 4.36. The number of allylic oxidation sites excluding steroid dienone is 1. The fourth-order valence-corrected chi connectivity index (χ4v) is 5.40. The van der Waals surface area contributed by atoms with Gasteiger partial charge in [-0.1, -0.05) is 23.5 Å². The molecule has 1 aliphatic rings. The molecule has 2 aromatic carbocycles. The number of nitrogens with zero attached hydrogens (tertiary/aromatic N) is 4. The molecule has 1 atom stereocenters. The summed E-state index contributed by atoms with van der Waals surface area (Å²) in [7, 11) is 6.59. The van der Waals surface area contributed by atoms with Crippen LogP contribution in [-0.2, 0) is 9.53 Å². The molecule has 0 unspecified atom stereocenters. The fraction of sp³-hybridized carbons (Fsp3) is 0.296. The lowest BCUT2D eigenvalue weighted by Gasteiger charge is -2.25. The van der Waals surface area contributed by atoms with Crippen LogP contribution in [0.3, 0.4) is 0 Å². The van der Waals surface area contributed by atoms with Gasteiger partial charge in [-0.25, -0.2) is 9.79 Å². The molecule has 2 heterocycles. The van der Waals surface area contributed by atoms with Gasteiger partial charge < -0.3 is 19.1 Å². The maximum absolute atomic E-state index is 13.9. The van der Waals surface area contributed by atoms with Crippen LogP contribution in [0.5, 0.6) is 11.5 Å². The molecule has 0 radical (unpaired) electrons. The lowest BCUT2D eigenvalue weighted by molar-refractivity contribution is -0.385. The molecule has 0 spiro atoms. The number of fused-ring (bicyclic) bond motifs is 1. The summed E-state index contributed by atoms with van der Waals surface area (Å²) in [5.74, 6) is -0.226. The first-order valence-corrected chi connectivity index (χ1v) is 12.8. The van der Waals surface area contributed by atoms with E-state index in [9.17, 15) is 19.7 Å². The third-order valence-corrected chi connectivity index (χ3v) is 7.24. The Balaban J connectivity index is 1.97. The highest BCUT2D eigenvalue weighted by atomic mass is 32.1. The number of aromatic nitrogens is 1. The number of rotatable bonds is 8. The molecule has 0 bridgehead atoms. The first-order chi connectivity index (χ1) is 18.6. The number of carbonyl (C=O) groups excluding carboxylic acids is 1. The lowest BCUT2D eigenvalue weighted by atomic mass is 9.95. The van der Waals surface area contributed by atoms with Crippen molar-refractivity contribution < 1.29 is 23.9 Å². The molecule has 1 aliphatic heterocycles. The Hall–Kier alpha value is -4.45. The highest BCUT2D eigenvalue weighted by Crippen LogP contribution is 2.35. The Morgan fingerprint density at radius 1 is 1.18 bits per heavy atom. The van der Waals surface area contributed by atoms with E-state index in [1.807, 2.05) is 43.3 Å². The van der Waals surface area contributed by atoms with Gasteiger partial charge in [-0.2, -0.15) is 0 Å². The van der Waals surface area contributed by atoms with Crippen LogP contribution in [0.4, 0.5) is 11.4 Å². The largest absolute Gasteiger partial charge is 0.496 e. The van der Waals surface area contributed by atoms with E-state index < -0.39 is 22.5 Å². The number of methoxy groups -OCH3 is 2. The van der Waals surface area contributed by atoms with Gasteiger partial charge in [0.25, 0.3) is 5.56 Å².